The van der Waals surface area contributed by atoms with Gasteiger partial charge in [-0.1, -0.05) is 5.57 Å². The molecule has 0 bridgehead atoms. The number of hydrogen-bond acceptors (Lipinski definition) is 4. The van der Waals surface area contributed by atoms with Crippen LogP contribution in [0.1, 0.15) is 6.92 Å². The summed E-state index contributed by atoms with van der Waals surface area (Å²) in [5, 5.41) is 17.4. The quantitative estimate of drug-likeness (QED) is 0.628. The molecular formula is C11H20N2O3. The predicted molar refractivity (Wildman–Crippen MR) is 61.4 cm³/mol. The van der Waals surface area contributed by atoms with Gasteiger partial charge in [0.2, 0.25) is 0 Å². The van der Waals surface area contributed by atoms with Gasteiger partial charge < -0.3 is 10.2 Å². The van der Waals surface area contributed by atoms with Crippen molar-refractivity contribution in [1.82, 2.24) is 9.80 Å². The molecule has 0 aromatic carbocycles. The lowest BCUT2D eigenvalue weighted by molar-refractivity contribution is -0.131. The van der Waals surface area contributed by atoms with Gasteiger partial charge in [-0.3, -0.25) is 9.80 Å². The molecule has 0 unspecified atom stereocenters. The number of carboxylic acids is 1. The summed E-state index contributed by atoms with van der Waals surface area (Å²) in [4.78, 5) is 14.9. The summed E-state index contributed by atoms with van der Waals surface area (Å²) >= 11 is 0. The molecule has 1 saturated heterocycles. The van der Waals surface area contributed by atoms with Gasteiger partial charge in [0.15, 0.2) is 0 Å². The van der Waals surface area contributed by atoms with Gasteiger partial charge in [0.05, 0.1) is 6.61 Å². The Morgan fingerprint density at radius 3 is 2.31 bits per heavy atom. The average Bonchev–Trinajstić information content (AvgIpc) is 2.20. The maximum absolute atomic E-state index is 10.5. The van der Waals surface area contributed by atoms with Gasteiger partial charge in [-0.2, -0.15) is 0 Å². The Labute approximate surface area is 96.0 Å². The van der Waals surface area contributed by atoms with Gasteiger partial charge in [0.1, 0.15) is 0 Å². The lowest BCUT2D eigenvalue weighted by atomic mass is 10.2. The number of piperazine rings is 1. The summed E-state index contributed by atoms with van der Waals surface area (Å²) in [5.74, 6) is -0.878. The van der Waals surface area contributed by atoms with Crippen molar-refractivity contribution in [3.63, 3.8) is 0 Å². The number of carboxylic acid groups (broad SMARTS) is 1. The first-order valence-electron chi connectivity index (χ1n) is 5.57. The van der Waals surface area contributed by atoms with Crippen LogP contribution in [-0.2, 0) is 4.79 Å². The molecule has 2 N–H and O–H groups in total. The Bertz CT molecular complexity index is 258. The lowest BCUT2D eigenvalue weighted by Crippen LogP contribution is -2.47. The van der Waals surface area contributed by atoms with E-state index in [1.165, 1.54) is 6.08 Å². The van der Waals surface area contributed by atoms with Crippen LogP contribution in [0.3, 0.4) is 0 Å². The van der Waals surface area contributed by atoms with Gasteiger partial charge in [0.25, 0.3) is 0 Å². The fourth-order valence-electron chi connectivity index (χ4n) is 1.92. The summed E-state index contributed by atoms with van der Waals surface area (Å²) in [6.45, 7) is 7.26. The molecule has 1 fully saturated rings. The van der Waals surface area contributed by atoms with E-state index in [-0.39, 0.29) is 6.61 Å². The minimum absolute atomic E-state index is 0.206. The van der Waals surface area contributed by atoms with Crippen molar-refractivity contribution in [2.75, 3.05) is 45.9 Å². The second-order valence-electron chi connectivity index (χ2n) is 4.17. The van der Waals surface area contributed by atoms with Crippen LogP contribution >= 0.6 is 0 Å². The Balaban J connectivity index is 2.29. The summed E-state index contributed by atoms with van der Waals surface area (Å²) in [5.41, 5.74) is 0.878. The molecule has 1 rings (SSSR count). The van der Waals surface area contributed by atoms with Crippen molar-refractivity contribution in [1.29, 1.82) is 0 Å². The highest BCUT2D eigenvalue weighted by molar-refractivity contribution is 5.80. The molecule has 16 heavy (non-hydrogen) atoms. The molecule has 1 heterocycles. The summed E-state index contributed by atoms with van der Waals surface area (Å²) < 4.78 is 0. The second-order valence-corrected chi connectivity index (χ2v) is 4.17. The number of rotatable bonds is 5. The molecular weight excluding hydrogens is 208 g/mol. The van der Waals surface area contributed by atoms with Crippen LogP contribution in [0, 0.1) is 0 Å². The Hall–Kier alpha value is -0.910. The SMILES string of the molecule is CC(=CC(=O)O)CN1CCN(CCO)CC1. The maximum atomic E-state index is 10.5. The van der Waals surface area contributed by atoms with Crippen molar-refractivity contribution in [2.45, 2.75) is 6.92 Å². The summed E-state index contributed by atoms with van der Waals surface area (Å²) in [7, 11) is 0. The van der Waals surface area contributed by atoms with E-state index in [0.29, 0.717) is 0 Å². The minimum atomic E-state index is -0.878. The van der Waals surface area contributed by atoms with Gasteiger partial charge in [-0.15, -0.1) is 0 Å². The van der Waals surface area contributed by atoms with E-state index in [1.807, 2.05) is 6.92 Å². The van der Waals surface area contributed by atoms with Crippen LogP contribution in [0.5, 0.6) is 0 Å². The number of aliphatic hydroxyl groups excluding tert-OH is 1. The van der Waals surface area contributed by atoms with Gasteiger partial charge >= 0.3 is 5.97 Å². The smallest absolute Gasteiger partial charge is 0.328 e. The Morgan fingerprint density at radius 1 is 1.25 bits per heavy atom. The highest BCUT2D eigenvalue weighted by Gasteiger charge is 2.16. The molecule has 1 aliphatic rings. The van der Waals surface area contributed by atoms with Gasteiger partial charge in [-0.05, 0) is 6.92 Å². The van der Waals surface area contributed by atoms with E-state index in [1.54, 1.807) is 0 Å². The zero-order valence-corrected chi connectivity index (χ0v) is 9.72. The van der Waals surface area contributed by atoms with E-state index in [4.69, 9.17) is 10.2 Å². The molecule has 5 nitrogen and oxygen atoms in total. The molecule has 0 saturated carbocycles. The second kappa shape index (κ2) is 6.62. The molecule has 1 aliphatic heterocycles. The largest absolute Gasteiger partial charge is 0.478 e. The number of β-amino-alcohol motifs (C(OH)–C–C–N with tert-alkyl or cyclic N) is 1. The predicted octanol–water partition coefficient (Wildman–Crippen LogP) is -0.373. The highest BCUT2D eigenvalue weighted by atomic mass is 16.4. The number of aliphatic carboxylic acids is 1. The first-order valence-corrected chi connectivity index (χ1v) is 5.57. The monoisotopic (exact) mass is 228 g/mol. The topological polar surface area (TPSA) is 64.0 Å². The molecule has 0 aliphatic carbocycles. The van der Waals surface area contributed by atoms with Crippen molar-refractivity contribution in [2.24, 2.45) is 0 Å². The number of hydrogen-bond donors (Lipinski definition) is 2. The third kappa shape index (κ3) is 4.74. The van der Waals surface area contributed by atoms with Crippen LogP contribution in [0.25, 0.3) is 0 Å². The number of nitrogens with zero attached hydrogens (tertiary/aromatic N) is 2. The lowest BCUT2D eigenvalue weighted by Gasteiger charge is -2.34. The van der Waals surface area contributed by atoms with Crippen LogP contribution < -0.4 is 0 Å². The fraction of sp³-hybridized carbons (Fsp3) is 0.727. The van der Waals surface area contributed by atoms with E-state index in [9.17, 15) is 4.79 Å². The number of aliphatic hydroxyl groups is 1. The summed E-state index contributed by atoms with van der Waals surface area (Å²) in [6.07, 6.45) is 1.26. The fourth-order valence-corrected chi connectivity index (χ4v) is 1.92. The number of carbonyl (C=O) groups is 1. The zero-order valence-electron chi connectivity index (χ0n) is 9.72. The normalized spacial score (nSPS) is 20.0. The van der Waals surface area contributed by atoms with Gasteiger partial charge in [-0.25, -0.2) is 4.79 Å². The van der Waals surface area contributed by atoms with E-state index >= 15 is 0 Å². The van der Waals surface area contributed by atoms with Crippen LogP contribution in [0.15, 0.2) is 11.6 Å². The standard InChI is InChI=1S/C11H20N2O3/c1-10(8-11(15)16)9-13-4-2-12(3-5-13)6-7-14/h8,14H,2-7,9H2,1H3,(H,15,16). The molecule has 0 atom stereocenters. The van der Waals surface area contributed by atoms with Crippen molar-refractivity contribution in [3.8, 4) is 0 Å². The first kappa shape index (κ1) is 13.2. The third-order valence-electron chi connectivity index (χ3n) is 2.72. The van der Waals surface area contributed by atoms with E-state index in [0.717, 1.165) is 44.8 Å². The molecule has 0 amide bonds. The van der Waals surface area contributed by atoms with E-state index in [2.05, 4.69) is 9.80 Å². The Kier molecular flexibility index (Phi) is 5.45. The first-order chi connectivity index (χ1) is 7.61. The molecule has 5 heteroatoms. The van der Waals surface area contributed by atoms with E-state index < -0.39 is 5.97 Å². The average molecular weight is 228 g/mol. The van der Waals surface area contributed by atoms with Gasteiger partial charge in [0, 0.05) is 45.3 Å². The maximum Gasteiger partial charge on any atom is 0.328 e. The van der Waals surface area contributed by atoms with Crippen LogP contribution in [0.4, 0.5) is 0 Å². The molecule has 0 aromatic heterocycles. The summed E-state index contributed by atoms with van der Waals surface area (Å²) in [6, 6.07) is 0. The molecule has 0 spiro atoms. The van der Waals surface area contributed by atoms with Crippen molar-refractivity contribution >= 4 is 5.97 Å². The highest BCUT2D eigenvalue weighted by Crippen LogP contribution is 2.04. The zero-order chi connectivity index (χ0) is 12.0. The molecule has 0 radical (unpaired) electrons. The van der Waals surface area contributed by atoms with Crippen LogP contribution in [0.2, 0.25) is 0 Å². The Morgan fingerprint density at radius 2 is 1.81 bits per heavy atom. The molecule has 92 valence electrons. The van der Waals surface area contributed by atoms with Crippen molar-refractivity contribution in [3.05, 3.63) is 11.6 Å². The van der Waals surface area contributed by atoms with Crippen LogP contribution in [-0.4, -0.2) is 71.9 Å². The minimum Gasteiger partial charge on any atom is -0.478 e. The molecule has 0 aromatic rings. The third-order valence-corrected chi connectivity index (χ3v) is 2.72. The van der Waals surface area contributed by atoms with Crippen molar-refractivity contribution < 1.29 is 15.0 Å².